The van der Waals surface area contributed by atoms with Gasteiger partial charge in [-0.05, 0) is 104 Å². The Labute approximate surface area is 228 Å². The number of rotatable bonds is 7. The Hall–Kier alpha value is -0.990. The van der Waals surface area contributed by atoms with Crippen LogP contribution in [-0.4, -0.2) is 18.2 Å². The predicted octanol–water partition coefficient (Wildman–Crippen LogP) is 9.46. The third-order valence-corrected chi connectivity index (χ3v) is 12.5. The van der Waals surface area contributed by atoms with E-state index in [0.29, 0.717) is 16.9 Å². The number of hydrogen-bond acceptors (Lipinski definition) is 2. The van der Waals surface area contributed by atoms with Gasteiger partial charge in [0.25, 0.3) is 0 Å². The molecule has 0 saturated heterocycles. The monoisotopic (exact) mass is 511 g/mol. The van der Waals surface area contributed by atoms with Gasteiger partial charge in [0.15, 0.2) is 0 Å². The Morgan fingerprint density at radius 3 is 2.51 bits per heavy atom. The molecule has 4 saturated carbocycles. The van der Waals surface area contributed by atoms with Gasteiger partial charge in [-0.2, -0.15) is 0 Å². The second kappa shape index (κ2) is 11.2. The number of ether oxygens (including phenoxy) is 1. The molecule has 37 heavy (non-hydrogen) atoms. The molecular weight excluding hydrogens is 454 g/mol. The summed E-state index contributed by atoms with van der Waals surface area (Å²) in [5.74, 6) is 5.25. The molecule has 4 fully saturated rings. The van der Waals surface area contributed by atoms with Crippen molar-refractivity contribution < 1.29 is 9.53 Å². The number of carbonyl (C=O) groups excluding carboxylic acids is 1. The molecule has 5 rings (SSSR count). The molecule has 210 valence electrons. The lowest BCUT2D eigenvalue weighted by Gasteiger charge is -2.58. The zero-order chi connectivity index (χ0) is 26.2. The molecule has 0 aromatic rings. The molecule has 0 heterocycles. The molecule has 3 heteroatoms. The van der Waals surface area contributed by atoms with Crippen LogP contribution in [0.1, 0.15) is 137 Å². The van der Waals surface area contributed by atoms with Crippen molar-refractivity contribution in [2.24, 2.45) is 46.3 Å². The number of alkyl carbamates (subject to hydrolysis) is 1. The Morgan fingerprint density at radius 2 is 1.76 bits per heavy atom. The van der Waals surface area contributed by atoms with E-state index in [9.17, 15) is 4.79 Å². The van der Waals surface area contributed by atoms with E-state index < -0.39 is 0 Å². The van der Waals surface area contributed by atoms with E-state index >= 15 is 0 Å². The van der Waals surface area contributed by atoms with E-state index in [1.807, 2.05) is 0 Å². The summed E-state index contributed by atoms with van der Waals surface area (Å²) in [4.78, 5) is 12.6. The van der Waals surface area contributed by atoms with E-state index in [0.717, 1.165) is 61.2 Å². The molecule has 1 N–H and O–H groups in total. The SMILES string of the molecule is CC(C)CCC[C@H](C)[C@H]1CC[C@H]2[C@@H]3CC=C4C[C@@H](OC(=O)NC5CCCCC5)CC[C@]4(C)[C@H]3CC[C@]12C. The fourth-order valence-corrected chi connectivity index (χ4v) is 10.4. The minimum Gasteiger partial charge on any atom is -0.446 e. The molecule has 3 nitrogen and oxygen atoms in total. The van der Waals surface area contributed by atoms with Crippen molar-refractivity contribution in [2.75, 3.05) is 0 Å². The van der Waals surface area contributed by atoms with Crippen LogP contribution in [0.5, 0.6) is 0 Å². The second-order valence-electron chi connectivity index (χ2n) is 15.0. The molecule has 0 radical (unpaired) electrons. The summed E-state index contributed by atoms with van der Waals surface area (Å²) in [5.41, 5.74) is 2.50. The number of fused-ring (bicyclic) bond motifs is 5. The van der Waals surface area contributed by atoms with Gasteiger partial charge in [-0.3, -0.25) is 0 Å². The van der Waals surface area contributed by atoms with Crippen LogP contribution in [0.2, 0.25) is 0 Å². The summed E-state index contributed by atoms with van der Waals surface area (Å²) >= 11 is 0. The van der Waals surface area contributed by atoms with E-state index in [1.165, 1.54) is 77.0 Å². The van der Waals surface area contributed by atoms with E-state index in [-0.39, 0.29) is 12.2 Å². The lowest BCUT2D eigenvalue weighted by Crippen LogP contribution is -2.51. The number of amides is 1. The van der Waals surface area contributed by atoms with Gasteiger partial charge in [0.05, 0.1) is 0 Å². The zero-order valence-electron chi connectivity index (χ0n) is 24.8. The molecule has 0 unspecified atom stereocenters. The van der Waals surface area contributed by atoms with E-state index in [4.69, 9.17) is 4.74 Å². The highest BCUT2D eigenvalue weighted by atomic mass is 16.6. The van der Waals surface area contributed by atoms with Crippen LogP contribution in [0.4, 0.5) is 4.79 Å². The first kappa shape index (κ1) is 27.6. The molecule has 0 aromatic heterocycles. The lowest BCUT2D eigenvalue weighted by molar-refractivity contribution is -0.0582. The van der Waals surface area contributed by atoms with Gasteiger partial charge in [0.2, 0.25) is 0 Å². The van der Waals surface area contributed by atoms with E-state index in [2.05, 4.69) is 46.0 Å². The van der Waals surface area contributed by atoms with Crippen molar-refractivity contribution in [1.29, 1.82) is 0 Å². The summed E-state index contributed by atoms with van der Waals surface area (Å²) < 4.78 is 6.01. The Bertz CT molecular complexity index is 828. The number of allylic oxidation sites excluding steroid dienone is 1. The highest BCUT2D eigenvalue weighted by Crippen LogP contribution is 2.67. The first-order chi connectivity index (χ1) is 17.7. The highest BCUT2D eigenvalue weighted by Gasteiger charge is 2.59. The van der Waals surface area contributed by atoms with Crippen LogP contribution in [0.15, 0.2) is 11.6 Å². The molecule has 8 atom stereocenters. The van der Waals surface area contributed by atoms with Crippen molar-refractivity contribution in [3.63, 3.8) is 0 Å². The maximum Gasteiger partial charge on any atom is 0.407 e. The molecule has 0 aliphatic heterocycles. The van der Waals surface area contributed by atoms with Gasteiger partial charge in [-0.25, -0.2) is 4.79 Å². The van der Waals surface area contributed by atoms with Crippen LogP contribution in [0.3, 0.4) is 0 Å². The van der Waals surface area contributed by atoms with Crippen molar-refractivity contribution in [2.45, 2.75) is 149 Å². The third kappa shape index (κ3) is 5.54. The first-order valence-corrected chi connectivity index (χ1v) is 16.4. The van der Waals surface area contributed by atoms with Crippen LogP contribution in [-0.2, 0) is 4.74 Å². The Morgan fingerprint density at radius 1 is 0.973 bits per heavy atom. The van der Waals surface area contributed by atoms with Crippen molar-refractivity contribution >= 4 is 6.09 Å². The standard InChI is InChI=1S/C34H57NO2/c1-23(2)10-9-11-24(3)29-16-17-30-28-15-14-25-22-27(37-32(36)35-26-12-7-6-8-13-26)18-20-33(25,4)31(28)19-21-34(29,30)5/h14,23-24,26-31H,6-13,15-22H2,1-5H3,(H,35,36)/t24-,27-,28-,29+,30-,31-,33-,34+/m0/s1. The summed E-state index contributed by atoms with van der Waals surface area (Å²) in [6.07, 6.45) is 23.0. The van der Waals surface area contributed by atoms with Gasteiger partial charge < -0.3 is 10.1 Å². The molecule has 5 aliphatic carbocycles. The molecule has 1 amide bonds. The summed E-state index contributed by atoms with van der Waals surface area (Å²) in [6.45, 7) is 12.6. The maximum absolute atomic E-state index is 12.6. The van der Waals surface area contributed by atoms with Crippen LogP contribution in [0, 0.1) is 46.3 Å². The first-order valence-electron chi connectivity index (χ1n) is 16.4. The molecule has 0 spiro atoms. The summed E-state index contributed by atoms with van der Waals surface area (Å²) in [7, 11) is 0. The number of nitrogens with one attached hydrogen (secondary N) is 1. The van der Waals surface area contributed by atoms with Gasteiger partial charge >= 0.3 is 6.09 Å². The van der Waals surface area contributed by atoms with Crippen LogP contribution in [0.25, 0.3) is 0 Å². The normalized spacial score (nSPS) is 40.8. The Balaban J connectivity index is 1.20. The highest BCUT2D eigenvalue weighted by molar-refractivity contribution is 5.67. The zero-order valence-corrected chi connectivity index (χ0v) is 24.8. The van der Waals surface area contributed by atoms with Crippen molar-refractivity contribution in [3.8, 4) is 0 Å². The van der Waals surface area contributed by atoms with Crippen molar-refractivity contribution in [3.05, 3.63) is 11.6 Å². The quantitative estimate of drug-likeness (QED) is 0.346. The largest absolute Gasteiger partial charge is 0.446 e. The second-order valence-corrected chi connectivity index (χ2v) is 15.0. The van der Waals surface area contributed by atoms with Gasteiger partial charge in [0.1, 0.15) is 6.10 Å². The van der Waals surface area contributed by atoms with Gasteiger partial charge in [0, 0.05) is 12.5 Å². The minimum atomic E-state index is -0.164. The van der Waals surface area contributed by atoms with Gasteiger partial charge in [-0.1, -0.05) is 84.8 Å². The minimum absolute atomic E-state index is 0.0656. The van der Waals surface area contributed by atoms with Crippen LogP contribution < -0.4 is 5.32 Å². The fourth-order valence-electron chi connectivity index (χ4n) is 10.4. The van der Waals surface area contributed by atoms with Crippen molar-refractivity contribution in [1.82, 2.24) is 5.32 Å². The molecular formula is C34H57NO2. The maximum atomic E-state index is 12.6. The third-order valence-electron chi connectivity index (χ3n) is 12.5. The topological polar surface area (TPSA) is 38.3 Å². The molecule has 5 aliphatic rings. The smallest absolute Gasteiger partial charge is 0.407 e. The number of carbonyl (C=O) groups is 1. The Kier molecular flexibility index (Phi) is 8.38. The summed E-state index contributed by atoms with van der Waals surface area (Å²) in [5, 5.41) is 3.17. The predicted molar refractivity (Wildman–Crippen MR) is 153 cm³/mol. The lowest BCUT2D eigenvalue weighted by atomic mass is 9.47. The summed E-state index contributed by atoms with van der Waals surface area (Å²) in [6, 6.07) is 0.328. The van der Waals surface area contributed by atoms with Gasteiger partial charge in [-0.15, -0.1) is 0 Å². The molecule has 0 aromatic carbocycles. The number of hydrogen-bond donors (Lipinski definition) is 1. The fraction of sp³-hybridized carbons (Fsp3) is 0.912. The van der Waals surface area contributed by atoms with E-state index in [1.54, 1.807) is 5.57 Å². The average molecular weight is 512 g/mol. The van der Waals surface area contributed by atoms with Crippen LogP contribution >= 0.6 is 0 Å². The average Bonchev–Trinajstić information content (AvgIpc) is 3.22. The molecule has 0 bridgehead atoms.